The fraction of sp³-hybridized carbons (Fsp3) is 0.520. The number of rotatable bonds is 11. The van der Waals surface area contributed by atoms with Crippen molar-refractivity contribution in [2.24, 2.45) is 0 Å². The fourth-order valence-electron chi connectivity index (χ4n) is 3.86. The summed E-state index contributed by atoms with van der Waals surface area (Å²) in [5.41, 5.74) is 0.617. The molecule has 0 aliphatic rings. The molecular weight excluding hydrogens is 392 g/mol. The maximum absolute atomic E-state index is 14.1. The lowest BCUT2D eigenvalue weighted by atomic mass is 9.80. The molecule has 0 aromatic heterocycles. The second-order valence-corrected chi connectivity index (χ2v) is 8.39. The van der Waals surface area contributed by atoms with Crippen LogP contribution in [-0.2, 0) is 4.74 Å². The number of methoxy groups -OCH3 is 1. The van der Waals surface area contributed by atoms with E-state index in [1.54, 1.807) is 19.2 Å². The second-order valence-electron chi connectivity index (χ2n) is 8.39. The van der Waals surface area contributed by atoms with Crippen molar-refractivity contribution in [1.82, 2.24) is 0 Å². The highest BCUT2D eigenvalue weighted by molar-refractivity contribution is 5.65. The van der Waals surface area contributed by atoms with Gasteiger partial charge in [0, 0.05) is 18.6 Å². The van der Waals surface area contributed by atoms with Gasteiger partial charge < -0.3 is 4.74 Å². The number of ether oxygens (including phenoxy) is 1. The molecule has 0 heterocycles. The van der Waals surface area contributed by atoms with E-state index in [2.05, 4.69) is 6.92 Å². The molecule has 1 nitrogen and oxygen atoms in total. The topological polar surface area (TPSA) is 9.23 Å². The number of halogens is 4. The SMILES string of the molecule is CCCCCCCCC(c1ccc(-c2cc(F)c(F)c(F)c2F)cc1)C(C)(C)OC. The first-order chi connectivity index (χ1) is 14.2. The Balaban J connectivity index is 2.21. The molecule has 1 atom stereocenters. The zero-order chi connectivity index (χ0) is 22.3. The monoisotopic (exact) mass is 424 g/mol. The molecule has 0 N–H and O–H groups in total. The van der Waals surface area contributed by atoms with Gasteiger partial charge in [0.05, 0.1) is 5.60 Å². The van der Waals surface area contributed by atoms with E-state index >= 15 is 0 Å². The van der Waals surface area contributed by atoms with E-state index in [9.17, 15) is 17.6 Å². The van der Waals surface area contributed by atoms with Crippen molar-refractivity contribution in [2.75, 3.05) is 7.11 Å². The van der Waals surface area contributed by atoms with Crippen LogP contribution in [0.25, 0.3) is 11.1 Å². The van der Waals surface area contributed by atoms with Crippen LogP contribution in [0.1, 0.15) is 77.2 Å². The number of unbranched alkanes of at least 4 members (excludes halogenated alkanes) is 5. The molecule has 2 aromatic rings. The molecule has 0 bridgehead atoms. The molecule has 0 amide bonds. The minimum absolute atomic E-state index is 0.120. The van der Waals surface area contributed by atoms with E-state index in [0.29, 0.717) is 11.6 Å². The Bertz CT molecular complexity index is 815. The third kappa shape index (κ3) is 5.84. The molecule has 0 spiro atoms. The lowest BCUT2D eigenvalue weighted by molar-refractivity contribution is -0.00449. The van der Waals surface area contributed by atoms with E-state index < -0.39 is 28.9 Å². The fourth-order valence-corrected chi connectivity index (χ4v) is 3.86. The van der Waals surface area contributed by atoms with Crippen molar-refractivity contribution < 1.29 is 22.3 Å². The van der Waals surface area contributed by atoms with Crippen LogP contribution in [0.5, 0.6) is 0 Å². The zero-order valence-corrected chi connectivity index (χ0v) is 18.3. The third-order valence-corrected chi connectivity index (χ3v) is 5.94. The Hall–Kier alpha value is -1.88. The quantitative estimate of drug-likeness (QED) is 0.153. The highest BCUT2D eigenvalue weighted by Gasteiger charge is 2.30. The number of hydrogen-bond donors (Lipinski definition) is 0. The van der Waals surface area contributed by atoms with Crippen LogP contribution in [0.15, 0.2) is 30.3 Å². The lowest BCUT2D eigenvalue weighted by Gasteiger charge is -2.34. The maximum Gasteiger partial charge on any atom is 0.198 e. The van der Waals surface area contributed by atoms with Crippen LogP contribution in [0.3, 0.4) is 0 Å². The minimum Gasteiger partial charge on any atom is -0.378 e. The van der Waals surface area contributed by atoms with Crippen molar-refractivity contribution in [1.29, 1.82) is 0 Å². The van der Waals surface area contributed by atoms with Gasteiger partial charge in [0.2, 0.25) is 0 Å². The zero-order valence-electron chi connectivity index (χ0n) is 18.3. The molecule has 1 unspecified atom stereocenters. The van der Waals surface area contributed by atoms with Gasteiger partial charge in [0.15, 0.2) is 23.3 Å². The molecule has 30 heavy (non-hydrogen) atoms. The Morgan fingerprint density at radius 3 is 2.03 bits per heavy atom. The third-order valence-electron chi connectivity index (χ3n) is 5.94. The van der Waals surface area contributed by atoms with Gasteiger partial charge in [-0.15, -0.1) is 0 Å². The summed E-state index contributed by atoms with van der Waals surface area (Å²) in [6.07, 6.45) is 8.12. The van der Waals surface area contributed by atoms with Crippen LogP contribution in [0.2, 0.25) is 0 Å². The summed E-state index contributed by atoms with van der Waals surface area (Å²) in [5, 5.41) is 0. The largest absolute Gasteiger partial charge is 0.378 e. The minimum atomic E-state index is -1.80. The molecule has 0 aliphatic heterocycles. The molecule has 2 aromatic carbocycles. The molecular formula is C25H32F4O. The van der Waals surface area contributed by atoms with Crippen molar-refractivity contribution in [3.05, 3.63) is 59.2 Å². The van der Waals surface area contributed by atoms with E-state index in [1.165, 1.54) is 25.7 Å². The summed E-state index contributed by atoms with van der Waals surface area (Å²) in [5.74, 6) is -6.27. The van der Waals surface area contributed by atoms with E-state index in [4.69, 9.17) is 4.74 Å². The normalized spacial score (nSPS) is 12.9. The Kier molecular flexibility index (Phi) is 8.90. The average Bonchev–Trinajstić information content (AvgIpc) is 2.74. The first-order valence-electron chi connectivity index (χ1n) is 10.7. The van der Waals surface area contributed by atoms with Gasteiger partial charge in [-0.3, -0.25) is 0 Å². The highest BCUT2D eigenvalue weighted by Crippen LogP contribution is 2.37. The number of hydrogen-bond acceptors (Lipinski definition) is 1. The molecule has 0 radical (unpaired) electrons. The lowest BCUT2D eigenvalue weighted by Crippen LogP contribution is -2.31. The Labute approximate surface area is 177 Å². The first kappa shape index (κ1) is 24.4. The first-order valence-corrected chi connectivity index (χ1v) is 10.7. The second kappa shape index (κ2) is 10.9. The summed E-state index contributed by atoms with van der Waals surface area (Å²) < 4.78 is 60.2. The summed E-state index contributed by atoms with van der Waals surface area (Å²) in [6, 6.07) is 7.58. The van der Waals surface area contributed by atoms with Crippen molar-refractivity contribution in [2.45, 2.75) is 77.2 Å². The van der Waals surface area contributed by atoms with E-state index in [-0.39, 0.29) is 11.5 Å². The van der Waals surface area contributed by atoms with Gasteiger partial charge in [0.25, 0.3) is 0 Å². The molecule has 0 saturated heterocycles. The van der Waals surface area contributed by atoms with Gasteiger partial charge in [-0.25, -0.2) is 17.6 Å². The summed E-state index contributed by atoms with van der Waals surface area (Å²) in [7, 11) is 1.68. The van der Waals surface area contributed by atoms with Gasteiger partial charge in [-0.2, -0.15) is 0 Å². The molecule has 0 aliphatic carbocycles. The molecule has 0 fully saturated rings. The predicted molar refractivity (Wildman–Crippen MR) is 114 cm³/mol. The summed E-state index contributed by atoms with van der Waals surface area (Å²) in [6.45, 7) is 6.27. The smallest absolute Gasteiger partial charge is 0.198 e. The Morgan fingerprint density at radius 2 is 1.43 bits per heavy atom. The summed E-state index contributed by atoms with van der Waals surface area (Å²) in [4.78, 5) is 0. The molecule has 0 saturated carbocycles. The Morgan fingerprint density at radius 1 is 0.833 bits per heavy atom. The van der Waals surface area contributed by atoms with E-state index in [0.717, 1.165) is 24.8 Å². The van der Waals surface area contributed by atoms with Gasteiger partial charge >= 0.3 is 0 Å². The summed E-state index contributed by atoms with van der Waals surface area (Å²) >= 11 is 0. The van der Waals surface area contributed by atoms with Crippen LogP contribution in [0.4, 0.5) is 17.6 Å². The van der Waals surface area contributed by atoms with Gasteiger partial charge in [0.1, 0.15) is 0 Å². The molecule has 166 valence electrons. The highest BCUT2D eigenvalue weighted by atomic mass is 19.2. The predicted octanol–water partition coefficient (Wildman–Crippen LogP) is 8.17. The standard InChI is InChI=1S/C25H32F4O/c1-5-6-7-8-9-10-11-20(25(2,3)30-4)18-14-12-17(13-15-18)19-16-21(26)23(28)24(29)22(19)27/h12-16,20H,5-11H2,1-4H3. The number of benzene rings is 2. The van der Waals surface area contributed by atoms with Crippen LogP contribution in [0, 0.1) is 23.3 Å². The van der Waals surface area contributed by atoms with Crippen LogP contribution in [-0.4, -0.2) is 12.7 Å². The molecule has 2 rings (SSSR count). The van der Waals surface area contributed by atoms with Crippen molar-refractivity contribution in [3.63, 3.8) is 0 Å². The molecule has 5 heteroatoms. The van der Waals surface area contributed by atoms with Crippen molar-refractivity contribution in [3.8, 4) is 11.1 Å². The van der Waals surface area contributed by atoms with Crippen LogP contribution < -0.4 is 0 Å². The average molecular weight is 425 g/mol. The van der Waals surface area contributed by atoms with Gasteiger partial charge in [-0.05, 0) is 37.5 Å². The van der Waals surface area contributed by atoms with Gasteiger partial charge in [-0.1, -0.05) is 69.7 Å². The maximum atomic E-state index is 14.1. The van der Waals surface area contributed by atoms with E-state index in [1.807, 2.05) is 26.0 Å². The van der Waals surface area contributed by atoms with Crippen LogP contribution >= 0.6 is 0 Å². The van der Waals surface area contributed by atoms with Crippen molar-refractivity contribution >= 4 is 0 Å².